The van der Waals surface area contributed by atoms with Crippen molar-refractivity contribution >= 4 is 5.65 Å². The van der Waals surface area contributed by atoms with Crippen molar-refractivity contribution in [2.75, 3.05) is 0 Å². The van der Waals surface area contributed by atoms with Gasteiger partial charge in [0.25, 0.3) is 0 Å². The van der Waals surface area contributed by atoms with Gasteiger partial charge in [0.1, 0.15) is 11.4 Å². The molecule has 2 aromatic heterocycles. The van der Waals surface area contributed by atoms with Gasteiger partial charge < -0.3 is 9.51 Å². The predicted octanol–water partition coefficient (Wildman–Crippen LogP) is 3.02. The molecule has 0 saturated carbocycles. The molecule has 0 aliphatic rings. The zero-order valence-electron chi connectivity index (χ0n) is 9.46. The van der Waals surface area contributed by atoms with Crippen molar-refractivity contribution in [1.29, 1.82) is 0 Å². The van der Waals surface area contributed by atoms with Gasteiger partial charge in [-0.3, -0.25) is 0 Å². The lowest BCUT2D eigenvalue weighted by molar-refractivity contribution is 0.477. The standard InChI is InChI=1S/C14H12N2O/c1-10-6-7-14-15-12(9-16(14)8-10)11-4-2-3-5-13(11)17/h2-9,17H,1H3. The average molecular weight is 224 g/mol. The number of rotatable bonds is 1. The van der Waals surface area contributed by atoms with Gasteiger partial charge >= 0.3 is 0 Å². The molecule has 0 unspecified atom stereocenters. The SMILES string of the molecule is Cc1ccc2nc(-c3ccccc3O)cn2c1. The first-order valence-corrected chi connectivity index (χ1v) is 5.48. The van der Waals surface area contributed by atoms with Crippen LogP contribution in [0.15, 0.2) is 48.8 Å². The van der Waals surface area contributed by atoms with Crippen LogP contribution < -0.4 is 0 Å². The molecule has 3 aromatic rings. The van der Waals surface area contributed by atoms with Crippen LogP contribution in [0.2, 0.25) is 0 Å². The van der Waals surface area contributed by atoms with Gasteiger partial charge in [0, 0.05) is 18.0 Å². The Morgan fingerprint density at radius 1 is 1.06 bits per heavy atom. The molecule has 0 saturated heterocycles. The minimum atomic E-state index is 0.257. The van der Waals surface area contributed by atoms with Crippen molar-refractivity contribution in [3.8, 4) is 17.0 Å². The van der Waals surface area contributed by atoms with Gasteiger partial charge in [-0.25, -0.2) is 4.98 Å². The maximum atomic E-state index is 9.79. The third-order valence-electron chi connectivity index (χ3n) is 2.78. The van der Waals surface area contributed by atoms with Gasteiger partial charge in [0.05, 0.1) is 5.69 Å². The topological polar surface area (TPSA) is 37.5 Å². The Labute approximate surface area is 99.0 Å². The molecule has 0 amide bonds. The largest absolute Gasteiger partial charge is 0.507 e. The van der Waals surface area contributed by atoms with Crippen LogP contribution in [0.5, 0.6) is 5.75 Å². The van der Waals surface area contributed by atoms with Crippen LogP contribution in [0.3, 0.4) is 0 Å². The smallest absolute Gasteiger partial charge is 0.137 e. The fraction of sp³-hybridized carbons (Fsp3) is 0.0714. The van der Waals surface area contributed by atoms with Gasteiger partial charge in [-0.15, -0.1) is 0 Å². The molecule has 84 valence electrons. The summed E-state index contributed by atoms with van der Waals surface area (Å²) in [6, 6.07) is 11.2. The van der Waals surface area contributed by atoms with E-state index in [0.717, 1.165) is 16.9 Å². The third-order valence-corrected chi connectivity index (χ3v) is 2.78. The number of fused-ring (bicyclic) bond motifs is 1. The number of phenolic OH excluding ortho intramolecular Hbond substituents is 1. The van der Waals surface area contributed by atoms with Crippen LogP contribution in [0.1, 0.15) is 5.56 Å². The summed E-state index contributed by atoms with van der Waals surface area (Å²) in [5, 5.41) is 9.79. The molecule has 3 heteroatoms. The zero-order chi connectivity index (χ0) is 11.8. The number of aromatic hydroxyl groups is 1. The normalized spacial score (nSPS) is 10.9. The second-order valence-corrected chi connectivity index (χ2v) is 4.12. The molecule has 0 aliphatic carbocycles. The lowest BCUT2D eigenvalue weighted by Crippen LogP contribution is -1.82. The summed E-state index contributed by atoms with van der Waals surface area (Å²) >= 11 is 0. The van der Waals surface area contributed by atoms with E-state index in [1.54, 1.807) is 12.1 Å². The highest BCUT2D eigenvalue weighted by atomic mass is 16.3. The Balaban J connectivity index is 2.22. The van der Waals surface area contributed by atoms with Crippen molar-refractivity contribution in [2.24, 2.45) is 0 Å². The Hall–Kier alpha value is -2.29. The minimum Gasteiger partial charge on any atom is -0.507 e. The molecule has 2 heterocycles. The highest BCUT2D eigenvalue weighted by molar-refractivity contribution is 5.68. The molecule has 1 aromatic carbocycles. The summed E-state index contributed by atoms with van der Waals surface area (Å²) in [5.74, 6) is 0.257. The van der Waals surface area contributed by atoms with Gasteiger partial charge in [-0.1, -0.05) is 18.2 Å². The first-order valence-electron chi connectivity index (χ1n) is 5.48. The maximum Gasteiger partial charge on any atom is 0.137 e. The quantitative estimate of drug-likeness (QED) is 0.690. The summed E-state index contributed by atoms with van der Waals surface area (Å²) in [6.45, 7) is 2.04. The van der Waals surface area contributed by atoms with Crippen molar-refractivity contribution in [3.05, 3.63) is 54.4 Å². The Morgan fingerprint density at radius 3 is 2.71 bits per heavy atom. The highest BCUT2D eigenvalue weighted by Crippen LogP contribution is 2.27. The summed E-state index contributed by atoms with van der Waals surface area (Å²) in [4.78, 5) is 4.49. The van der Waals surface area contributed by atoms with Crippen molar-refractivity contribution in [2.45, 2.75) is 6.92 Å². The first kappa shape index (κ1) is 9.90. The highest BCUT2D eigenvalue weighted by Gasteiger charge is 2.07. The van der Waals surface area contributed by atoms with E-state index in [0.29, 0.717) is 0 Å². The van der Waals surface area contributed by atoms with Crippen LogP contribution in [0.25, 0.3) is 16.9 Å². The Bertz CT molecular complexity index is 686. The number of nitrogens with zero attached hydrogens (tertiary/aromatic N) is 2. The second kappa shape index (κ2) is 3.63. The third kappa shape index (κ3) is 1.65. The van der Waals surface area contributed by atoms with Gasteiger partial charge in [-0.2, -0.15) is 0 Å². The predicted molar refractivity (Wildman–Crippen MR) is 67.0 cm³/mol. The van der Waals surface area contributed by atoms with E-state index in [1.165, 1.54) is 5.56 Å². The van der Waals surface area contributed by atoms with Gasteiger partial charge in [-0.05, 0) is 30.7 Å². The fourth-order valence-electron chi connectivity index (χ4n) is 1.92. The molecule has 0 radical (unpaired) electrons. The Kier molecular flexibility index (Phi) is 2.11. The lowest BCUT2D eigenvalue weighted by atomic mass is 10.1. The number of hydrogen-bond acceptors (Lipinski definition) is 2. The summed E-state index contributed by atoms with van der Waals surface area (Å²) < 4.78 is 1.97. The van der Waals surface area contributed by atoms with Crippen molar-refractivity contribution in [1.82, 2.24) is 9.38 Å². The number of benzene rings is 1. The van der Waals surface area contributed by atoms with E-state index in [1.807, 2.05) is 48.0 Å². The van der Waals surface area contributed by atoms with Crippen LogP contribution in [-0.2, 0) is 0 Å². The molecule has 0 aliphatic heterocycles. The molecule has 3 rings (SSSR count). The van der Waals surface area contributed by atoms with E-state index in [2.05, 4.69) is 4.98 Å². The molecule has 0 fully saturated rings. The molecule has 0 spiro atoms. The van der Waals surface area contributed by atoms with E-state index >= 15 is 0 Å². The summed E-state index contributed by atoms with van der Waals surface area (Å²) in [5.41, 5.74) is 3.61. The second-order valence-electron chi connectivity index (χ2n) is 4.12. The van der Waals surface area contributed by atoms with Gasteiger partial charge in [0.2, 0.25) is 0 Å². The Morgan fingerprint density at radius 2 is 1.88 bits per heavy atom. The van der Waals surface area contributed by atoms with Crippen LogP contribution in [-0.4, -0.2) is 14.5 Å². The number of imidazole rings is 1. The number of phenols is 1. The number of hydrogen-bond donors (Lipinski definition) is 1. The van der Waals surface area contributed by atoms with Crippen molar-refractivity contribution in [3.63, 3.8) is 0 Å². The molecular formula is C14H12N2O. The van der Waals surface area contributed by atoms with Crippen LogP contribution in [0, 0.1) is 6.92 Å². The van der Waals surface area contributed by atoms with E-state index in [4.69, 9.17) is 0 Å². The zero-order valence-corrected chi connectivity index (χ0v) is 9.46. The number of aryl methyl sites for hydroxylation is 1. The summed E-state index contributed by atoms with van der Waals surface area (Å²) in [7, 11) is 0. The monoisotopic (exact) mass is 224 g/mol. The molecule has 3 nitrogen and oxygen atoms in total. The number of aromatic nitrogens is 2. The van der Waals surface area contributed by atoms with Crippen LogP contribution >= 0.6 is 0 Å². The minimum absolute atomic E-state index is 0.257. The van der Waals surface area contributed by atoms with Gasteiger partial charge in [0.15, 0.2) is 0 Å². The maximum absolute atomic E-state index is 9.79. The summed E-state index contributed by atoms with van der Waals surface area (Å²) in [6.07, 6.45) is 3.95. The van der Waals surface area contributed by atoms with Crippen LogP contribution in [0.4, 0.5) is 0 Å². The molecule has 0 atom stereocenters. The first-order chi connectivity index (χ1) is 8.24. The van der Waals surface area contributed by atoms with E-state index < -0.39 is 0 Å². The lowest BCUT2D eigenvalue weighted by Gasteiger charge is -1.98. The van der Waals surface area contributed by atoms with E-state index in [-0.39, 0.29) is 5.75 Å². The van der Waals surface area contributed by atoms with Crippen molar-refractivity contribution < 1.29 is 5.11 Å². The molecular weight excluding hydrogens is 212 g/mol. The molecule has 17 heavy (non-hydrogen) atoms. The number of para-hydroxylation sites is 1. The van der Waals surface area contributed by atoms with E-state index in [9.17, 15) is 5.11 Å². The molecule has 0 bridgehead atoms. The average Bonchev–Trinajstić information content (AvgIpc) is 2.72. The fourth-order valence-corrected chi connectivity index (χ4v) is 1.92. The number of pyridine rings is 1. The molecule has 1 N–H and O–H groups in total.